The van der Waals surface area contributed by atoms with Gasteiger partial charge in [-0.15, -0.1) is 0 Å². The molecule has 1 N–H and O–H groups in total. The van der Waals surface area contributed by atoms with Crippen LogP contribution in [0.3, 0.4) is 0 Å². The van der Waals surface area contributed by atoms with Crippen molar-refractivity contribution in [2.75, 3.05) is 0 Å². The van der Waals surface area contributed by atoms with Crippen LogP contribution in [0, 0.1) is 0 Å². The molecule has 3 aromatic rings. The van der Waals surface area contributed by atoms with Crippen LogP contribution in [0.15, 0.2) is 47.3 Å². The van der Waals surface area contributed by atoms with E-state index in [1.165, 1.54) is 11.3 Å². The molecule has 0 aliphatic carbocycles. The van der Waals surface area contributed by atoms with Crippen LogP contribution < -0.4 is 4.87 Å². The average molecular weight is 262 g/mol. The van der Waals surface area contributed by atoms with E-state index in [4.69, 9.17) is 11.6 Å². The maximum Gasteiger partial charge on any atom is 0.305 e. The van der Waals surface area contributed by atoms with Crippen LogP contribution in [0.25, 0.3) is 21.3 Å². The van der Waals surface area contributed by atoms with Crippen molar-refractivity contribution in [1.29, 1.82) is 0 Å². The Morgan fingerprint density at radius 2 is 1.88 bits per heavy atom. The topological polar surface area (TPSA) is 32.9 Å². The highest BCUT2D eigenvalue weighted by atomic mass is 35.5. The molecule has 0 amide bonds. The summed E-state index contributed by atoms with van der Waals surface area (Å²) in [5.41, 5.74) is 2.81. The molecule has 4 heteroatoms. The molecule has 0 saturated carbocycles. The summed E-state index contributed by atoms with van der Waals surface area (Å²) in [6.07, 6.45) is 0. The average Bonchev–Trinajstić information content (AvgIpc) is 2.68. The fraction of sp³-hybridized carbons (Fsp3) is 0. The minimum absolute atomic E-state index is 0.0544. The Kier molecular flexibility index (Phi) is 2.50. The lowest BCUT2D eigenvalue weighted by Gasteiger charge is -2.04. The van der Waals surface area contributed by atoms with E-state index in [1.807, 2.05) is 36.4 Å². The second-order valence-electron chi connectivity index (χ2n) is 3.71. The van der Waals surface area contributed by atoms with E-state index in [9.17, 15) is 4.79 Å². The van der Waals surface area contributed by atoms with E-state index < -0.39 is 0 Å². The highest BCUT2D eigenvalue weighted by molar-refractivity contribution is 7.16. The molecule has 0 bridgehead atoms. The van der Waals surface area contributed by atoms with Crippen molar-refractivity contribution < 1.29 is 0 Å². The van der Waals surface area contributed by atoms with E-state index in [0.717, 1.165) is 21.3 Å². The molecule has 0 saturated heterocycles. The molecule has 17 heavy (non-hydrogen) atoms. The van der Waals surface area contributed by atoms with Gasteiger partial charge in [-0.25, -0.2) is 0 Å². The molecule has 1 aromatic heterocycles. The van der Waals surface area contributed by atoms with Crippen molar-refractivity contribution in [3.05, 3.63) is 57.2 Å². The molecule has 2 aromatic carbocycles. The lowest BCUT2D eigenvalue weighted by Crippen LogP contribution is -1.89. The van der Waals surface area contributed by atoms with Gasteiger partial charge >= 0.3 is 4.87 Å². The summed E-state index contributed by atoms with van der Waals surface area (Å²) in [6, 6.07) is 13.7. The Labute approximate surface area is 106 Å². The summed E-state index contributed by atoms with van der Waals surface area (Å²) in [5.74, 6) is 0. The number of hydrogen-bond donors (Lipinski definition) is 1. The summed E-state index contributed by atoms with van der Waals surface area (Å²) in [4.78, 5) is 14.0. The highest BCUT2D eigenvalue weighted by Crippen LogP contribution is 2.32. The molecule has 0 spiro atoms. The van der Waals surface area contributed by atoms with Crippen LogP contribution in [-0.2, 0) is 0 Å². The Bertz CT molecular complexity index is 730. The van der Waals surface area contributed by atoms with Gasteiger partial charge < -0.3 is 4.98 Å². The molecule has 1 heterocycles. The number of thiazole rings is 1. The van der Waals surface area contributed by atoms with Gasteiger partial charge in [0.1, 0.15) is 0 Å². The van der Waals surface area contributed by atoms with Gasteiger partial charge in [-0.3, -0.25) is 4.79 Å². The Balaban J connectivity index is 2.30. The minimum Gasteiger partial charge on any atom is -0.312 e. The number of benzene rings is 2. The first kappa shape index (κ1) is 10.6. The molecule has 0 aliphatic rings. The second-order valence-corrected chi connectivity index (χ2v) is 5.13. The lowest BCUT2D eigenvalue weighted by atomic mass is 10.1. The predicted octanol–water partition coefficient (Wildman–Crippen LogP) is 3.91. The summed E-state index contributed by atoms with van der Waals surface area (Å²) in [6.45, 7) is 0. The molecular weight excluding hydrogens is 254 g/mol. The predicted molar refractivity (Wildman–Crippen MR) is 72.9 cm³/mol. The molecule has 0 fully saturated rings. The third kappa shape index (κ3) is 1.88. The maximum absolute atomic E-state index is 11.3. The molecule has 0 atom stereocenters. The molecule has 2 nitrogen and oxygen atoms in total. The molecular formula is C13H8ClNOS. The maximum atomic E-state index is 11.3. The monoisotopic (exact) mass is 261 g/mol. The molecule has 0 unspecified atom stereocenters. The van der Waals surface area contributed by atoms with Gasteiger partial charge in [0, 0.05) is 5.56 Å². The van der Waals surface area contributed by atoms with Crippen LogP contribution in [0.1, 0.15) is 0 Å². The van der Waals surface area contributed by atoms with Crippen molar-refractivity contribution in [3.8, 4) is 11.1 Å². The summed E-state index contributed by atoms with van der Waals surface area (Å²) in [5, 5.41) is 0.651. The minimum atomic E-state index is -0.0544. The third-order valence-corrected chi connectivity index (χ3v) is 3.75. The van der Waals surface area contributed by atoms with Crippen LogP contribution in [0.2, 0.25) is 5.02 Å². The highest BCUT2D eigenvalue weighted by Gasteiger charge is 2.07. The first-order valence-electron chi connectivity index (χ1n) is 5.12. The standard InChI is InChI=1S/C13H8ClNOS/c14-10-7-11-12(17-13(16)15-11)6-9(10)8-4-2-1-3-5-8/h1-7H,(H,15,16). The van der Waals surface area contributed by atoms with Gasteiger partial charge in [-0.05, 0) is 17.7 Å². The zero-order valence-electron chi connectivity index (χ0n) is 8.74. The fourth-order valence-corrected chi connectivity index (χ4v) is 2.84. The lowest BCUT2D eigenvalue weighted by molar-refractivity contribution is 1.41. The number of hydrogen-bond acceptors (Lipinski definition) is 2. The zero-order chi connectivity index (χ0) is 11.8. The van der Waals surface area contributed by atoms with Gasteiger partial charge in [-0.1, -0.05) is 53.3 Å². The summed E-state index contributed by atoms with van der Waals surface area (Å²) in [7, 11) is 0. The number of fused-ring (bicyclic) bond motifs is 1. The molecule has 0 radical (unpaired) electrons. The third-order valence-electron chi connectivity index (χ3n) is 2.59. The van der Waals surface area contributed by atoms with Crippen LogP contribution in [0.4, 0.5) is 0 Å². The first-order chi connectivity index (χ1) is 8.24. The Morgan fingerprint density at radius 3 is 2.65 bits per heavy atom. The van der Waals surface area contributed by atoms with E-state index in [2.05, 4.69) is 4.98 Å². The van der Waals surface area contributed by atoms with E-state index in [0.29, 0.717) is 5.02 Å². The van der Waals surface area contributed by atoms with Gasteiger partial charge in [0.05, 0.1) is 15.2 Å². The Morgan fingerprint density at radius 1 is 1.12 bits per heavy atom. The largest absolute Gasteiger partial charge is 0.312 e. The SMILES string of the molecule is O=c1[nH]c2cc(Cl)c(-c3ccccc3)cc2s1. The zero-order valence-corrected chi connectivity index (χ0v) is 10.3. The van der Waals surface area contributed by atoms with Gasteiger partial charge in [-0.2, -0.15) is 0 Å². The molecule has 84 valence electrons. The number of nitrogens with one attached hydrogen (secondary N) is 1. The first-order valence-corrected chi connectivity index (χ1v) is 6.31. The molecule has 3 rings (SSSR count). The van der Waals surface area contributed by atoms with Gasteiger partial charge in [0.25, 0.3) is 0 Å². The van der Waals surface area contributed by atoms with E-state index in [-0.39, 0.29) is 4.87 Å². The second kappa shape index (κ2) is 4.02. The van der Waals surface area contributed by atoms with Gasteiger partial charge in [0.15, 0.2) is 0 Å². The van der Waals surface area contributed by atoms with Crippen molar-refractivity contribution in [2.45, 2.75) is 0 Å². The van der Waals surface area contributed by atoms with Crippen molar-refractivity contribution in [2.24, 2.45) is 0 Å². The van der Waals surface area contributed by atoms with Crippen LogP contribution in [-0.4, -0.2) is 4.98 Å². The number of aromatic nitrogens is 1. The Hall–Kier alpha value is -1.58. The van der Waals surface area contributed by atoms with E-state index in [1.54, 1.807) is 6.07 Å². The number of halogens is 1. The quantitative estimate of drug-likeness (QED) is 0.708. The smallest absolute Gasteiger partial charge is 0.305 e. The number of aromatic amines is 1. The summed E-state index contributed by atoms with van der Waals surface area (Å²) < 4.78 is 0.929. The number of rotatable bonds is 1. The van der Waals surface area contributed by atoms with Crippen molar-refractivity contribution in [3.63, 3.8) is 0 Å². The van der Waals surface area contributed by atoms with Gasteiger partial charge in [0.2, 0.25) is 0 Å². The molecule has 0 aliphatic heterocycles. The van der Waals surface area contributed by atoms with Crippen LogP contribution >= 0.6 is 22.9 Å². The number of H-pyrrole nitrogens is 1. The van der Waals surface area contributed by atoms with Crippen molar-refractivity contribution in [1.82, 2.24) is 4.98 Å². The van der Waals surface area contributed by atoms with Crippen LogP contribution in [0.5, 0.6) is 0 Å². The summed E-state index contributed by atoms with van der Waals surface area (Å²) >= 11 is 7.43. The van der Waals surface area contributed by atoms with E-state index >= 15 is 0 Å². The fourth-order valence-electron chi connectivity index (χ4n) is 1.81. The normalized spacial score (nSPS) is 10.9. The van der Waals surface area contributed by atoms with Crippen molar-refractivity contribution >= 4 is 33.2 Å².